The highest BCUT2D eigenvalue weighted by Gasteiger charge is 2.46. The van der Waals surface area contributed by atoms with Gasteiger partial charge in [-0.15, -0.1) is 11.3 Å². The van der Waals surface area contributed by atoms with E-state index >= 15 is 0 Å². The summed E-state index contributed by atoms with van der Waals surface area (Å²) in [7, 11) is 0. The summed E-state index contributed by atoms with van der Waals surface area (Å²) >= 11 is 4.86. The minimum atomic E-state index is -0.749. The summed E-state index contributed by atoms with van der Waals surface area (Å²) < 4.78 is 1.98. The number of aromatic nitrogens is 1. The molecule has 0 bridgehead atoms. The quantitative estimate of drug-likeness (QED) is 0.245. The highest BCUT2D eigenvalue weighted by atomic mass is 127. The largest absolute Gasteiger partial charge is 0.503 e. The number of nitrogens with zero attached hydrogens (tertiary/aromatic N) is 2. The van der Waals surface area contributed by atoms with Crippen LogP contribution >= 0.6 is 45.3 Å². The van der Waals surface area contributed by atoms with Crippen molar-refractivity contribution in [3.63, 3.8) is 0 Å². The van der Waals surface area contributed by atoms with E-state index in [0.717, 1.165) is 24.9 Å². The molecule has 1 atom stereocenters. The number of thiophene rings is 1. The average Bonchev–Trinajstić information content (AvgIpc) is 3.47. The van der Waals surface area contributed by atoms with Gasteiger partial charge in [-0.3, -0.25) is 14.5 Å². The zero-order valence-electron chi connectivity index (χ0n) is 16.2. The number of ketones is 1. The monoisotopic (exact) mass is 558 g/mol. The summed E-state index contributed by atoms with van der Waals surface area (Å²) in [5.74, 6) is -1.47. The molecule has 31 heavy (non-hydrogen) atoms. The molecule has 1 aliphatic heterocycles. The summed E-state index contributed by atoms with van der Waals surface area (Å²) in [6, 6.07) is 16.2. The summed E-state index contributed by atoms with van der Waals surface area (Å²) in [6.45, 7) is 2.00. The van der Waals surface area contributed by atoms with Crippen LogP contribution in [-0.2, 0) is 4.79 Å². The number of halogens is 1. The standard InChI is InChI=1S/C23H15IN2O3S2/c1-12-4-9-15-17(11-12)31-23(25-15)26-19(13-5-7-14(24)8-6-13)18(21(28)22(26)29)20(27)16-3-2-10-30-16/h2-11,19,28H,1H3. The summed E-state index contributed by atoms with van der Waals surface area (Å²) in [5, 5.41) is 13.1. The Bertz CT molecular complexity index is 1360. The zero-order chi connectivity index (χ0) is 21.7. The van der Waals surface area contributed by atoms with E-state index in [1.54, 1.807) is 17.5 Å². The minimum absolute atomic E-state index is 0.0871. The number of amides is 1. The van der Waals surface area contributed by atoms with E-state index in [1.807, 2.05) is 49.4 Å². The molecular formula is C23H15IN2O3S2. The summed E-state index contributed by atoms with van der Waals surface area (Å²) in [5.41, 5.74) is 2.70. The number of carbonyl (C=O) groups is 2. The van der Waals surface area contributed by atoms with Crippen LogP contribution in [0, 0.1) is 10.5 Å². The maximum atomic E-state index is 13.3. The fraction of sp³-hybridized carbons (Fsp3) is 0.0870. The number of hydrogen-bond acceptors (Lipinski definition) is 6. The molecule has 2 aromatic carbocycles. The Morgan fingerprint density at radius 1 is 1.16 bits per heavy atom. The van der Waals surface area contributed by atoms with Gasteiger partial charge in [0, 0.05) is 3.57 Å². The van der Waals surface area contributed by atoms with Gasteiger partial charge in [-0.25, -0.2) is 4.98 Å². The second kappa shape index (κ2) is 7.85. The van der Waals surface area contributed by atoms with Crippen LogP contribution in [0.1, 0.15) is 26.8 Å². The molecule has 154 valence electrons. The molecule has 1 amide bonds. The number of aliphatic hydroxyl groups excluding tert-OH is 1. The van der Waals surface area contributed by atoms with Crippen molar-refractivity contribution in [1.82, 2.24) is 4.98 Å². The van der Waals surface area contributed by atoms with Crippen molar-refractivity contribution in [1.29, 1.82) is 0 Å². The highest BCUT2D eigenvalue weighted by Crippen LogP contribution is 2.44. The lowest BCUT2D eigenvalue weighted by atomic mass is 9.96. The van der Waals surface area contributed by atoms with E-state index in [0.29, 0.717) is 10.0 Å². The van der Waals surface area contributed by atoms with Gasteiger partial charge in [0.1, 0.15) is 0 Å². The first-order valence-electron chi connectivity index (χ1n) is 9.41. The fourth-order valence-electron chi connectivity index (χ4n) is 3.66. The van der Waals surface area contributed by atoms with Crippen molar-refractivity contribution < 1.29 is 14.7 Å². The molecule has 1 N–H and O–H groups in total. The van der Waals surface area contributed by atoms with Crippen molar-refractivity contribution in [2.24, 2.45) is 0 Å². The normalized spacial score (nSPS) is 16.5. The Labute approximate surface area is 199 Å². The minimum Gasteiger partial charge on any atom is -0.503 e. The number of aryl methyl sites for hydroxylation is 1. The maximum Gasteiger partial charge on any atom is 0.296 e. The third-order valence-electron chi connectivity index (χ3n) is 5.12. The predicted octanol–water partition coefficient (Wildman–Crippen LogP) is 6.05. The van der Waals surface area contributed by atoms with Crippen LogP contribution in [0.5, 0.6) is 0 Å². The van der Waals surface area contributed by atoms with Crippen LogP contribution in [0.3, 0.4) is 0 Å². The van der Waals surface area contributed by atoms with E-state index in [-0.39, 0.29) is 11.4 Å². The van der Waals surface area contributed by atoms with E-state index in [1.165, 1.54) is 27.6 Å². The van der Waals surface area contributed by atoms with E-state index < -0.39 is 17.7 Å². The van der Waals surface area contributed by atoms with E-state index in [9.17, 15) is 14.7 Å². The number of thiazole rings is 1. The number of carbonyl (C=O) groups excluding carboxylic acids is 2. The lowest BCUT2D eigenvalue weighted by molar-refractivity contribution is -0.117. The smallest absolute Gasteiger partial charge is 0.296 e. The van der Waals surface area contributed by atoms with Crippen molar-refractivity contribution in [2.45, 2.75) is 13.0 Å². The Morgan fingerprint density at radius 3 is 2.65 bits per heavy atom. The van der Waals surface area contributed by atoms with Crippen LogP contribution in [0.4, 0.5) is 5.13 Å². The van der Waals surface area contributed by atoms with Crippen LogP contribution in [-0.4, -0.2) is 21.8 Å². The SMILES string of the molecule is Cc1ccc2nc(N3C(=O)C(O)=C(C(=O)c4cccs4)C3c3ccc(I)cc3)sc2c1. The summed E-state index contributed by atoms with van der Waals surface area (Å²) in [6.07, 6.45) is 0. The van der Waals surface area contributed by atoms with Crippen LogP contribution in [0.2, 0.25) is 0 Å². The molecule has 3 heterocycles. The maximum absolute atomic E-state index is 13.3. The van der Waals surface area contributed by atoms with Gasteiger partial charge < -0.3 is 5.11 Å². The number of benzene rings is 2. The Morgan fingerprint density at radius 2 is 1.94 bits per heavy atom. The number of aliphatic hydroxyl groups is 1. The molecule has 1 aliphatic rings. The number of Topliss-reactive ketones (excluding diaryl/α,β-unsaturated/α-hetero) is 1. The van der Waals surface area contributed by atoms with Gasteiger partial charge in [-0.2, -0.15) is 0 Å². The topological polar surface area (TPSA) is 70.5 Å². The third kappa shape index (κ3) is 3.48. The van der Waals surface area contributed by atoms with E-state index in [4.69, 9.17) is 0 Å². The Balaban J connectivity index is 1.68. The lowest BCUT2D eigenvalue weighted by Gasteiger charge is -2.24. The molecule has 5 nitrogen and oxygen atoms in total. The van der Waals surface area contributed by atoms with Crippen molar-refractivity contribution >= 4 is 72.3 Å². The molecule has 1 unspecified atom stereocenters. The summed E-state index contributed by atoms with van der Waals surface area (Å²) in [4.78, 5) is 33.1. The van der Waals surface area contributed by atoms with Gasteiger partial charge in [0.15, 0.2) is 10.9 Å². The second-order valence-electron chi connectivity index (χ2n) is 7.17. The molecule has 0 radical (unpaired) electrons. The second-order valence-corrected chi connectivity index (χ2v) is 10.4. The molecule has 4 aromatic rings. The molecule has 8 heteroatoms. The molecule has 5 rings (SSSR count). The molecule has 0 aliphatic carbocycles. The number of hydrogen-bond donors (Lipinski definition) is 1. The van der Waals surface area contributed by atoms with Gasteiger partial charge >= 0.3 is 0 Å². The number of anilines is 1. The van der Waals surface area contributed by atoms with Gasteiger partial charge in [-0.05, 0) is 76.4 Å². The van der Waals surface area contributed by atoms with Crippen molar-refractivity contribution in [3.8, 4) is 0 Å². The first-order chi connectivity index (χ1) is 14.9. The Hall–Kier alpha value is -2.56. The molecule has 0 saturated carbocycles. The lowest BCUT2D eigenvalue weighted by Crippen LogP contribution is -2.30. The van der Waals surface area contributed by atoms with Gasteiger partial charge in [0.05, 0.1) is 26.7 Å². The average molecular weight is 558 g/mol. The van der Waals surface area contributed by atoms with Crippen LogP contribution in [0.15, 0.2) is 71.3 Å². The van der Waals surface area contributed by atoms with Crippen LogP contribution in [0.25, 0.3) is 10.2 Å². The molecule has 2 aromatic heterocycles. The first kappa shape index (κ1) is 20.3. The highest BCUT2D eigenvalue weighted by molar-refractivity contribution is 14.1. The molecular weight excluding hydrogens is 543 g/mol. The first-order valence-corrected chi connectivity index (χ1v) is 12.2. The van der Waals surface area contributed by atoms with Crippen molar-refractivity contribution in [3.05, 3.63) is 90.9 Å². The molecule has 0 saturated heterocycles. The predicted molar refractivity (Wildman–Crippen MR) is 132 cm³/mol. The van der Waals surface area contributed by atoms with Gasteiger partial charge in [0.25, 0.3) is 5.91 Å². The van der Waals surface area contributed by atoms with Crippen LogP contribution < -0.4 is 4.90 Å². The molecule has 0 spiro atoms. The third-order valence-corrected chi connectivity index (χ3v) is 7.73. The molecule has 0 fully saturated rings. The van der Waals surface area contributed by atoms with Gasteiger partial charge in [0.2, 0.25) is 5.78 Å². The van der Waals surface area contributed by atoms with E-state index in [2.05, 4.69) is 27.6 Å². The number of fused-ring (bicyclic) bond motifs is 1. The number of rotatable bonds is 4. The Kier molecular flexibility index (Phi) is 5.15. The van der Waals surface area contributed by atoms with Gasteiger partial charge in [-0.1, -0.05) is 35.6 Å². The fourth-order valence-corrected chi connectivity index (χ4v) is 5.79. The zero-order valence-corrected chi connectivity index (χ0v) is 20.0. The van der Waals surface area contributed by atoms with Crippen molar-refractivity contribution in [2.75, 3.05) is 4.90 Å².